The minimum atomic E-state index is -3.56. The Morgan fingerprint density at radius 3 is 2.26 bits per heavy atom. The van der Waals surface area contributed by atoms with Crippen LogP contribution in [0.1, 0.15) is 38.2 Å². The summed E-state index contributed by atoms with van der Waals surface area (Å²) < 4.78 is 45.9. The van der Waals surface area contributed by atoms with E-state index in [4.69, 9.17) is 4.74 Å². The number of rotatable bonds is 12. The molecule has 2 aromatic rings. The fraction of sp³-hybridized carbons (Fsp3) is 0.500. The van der Waals surface area contributed by atoms with Crippen LogP contribution in [0.15, 0.2) is 53.4 Å². The minimum absolute atomic E-state index is 0.100. The SMILES string of the molecule is CCCCCC(=O)N(CCN1CCN(S(=O)(=O)c2ccc(OC)cc2)CC1)Cc1ccc(F)cc1. The minimum Gasteiger partial charge on any atom is -0.497 e. The van der Waals surface area contributed by atoms with Gasteiger partial charge in [0.05, 0.1) is 12.0 Å². The van der Waals surface area contributed by atoms with Crippen molar-refractivity contribution in [3.05, 3.63) is 59.9 Å². The van der Waals surface area contributed by atoms with Crippen molar-refractivity contribution >= 4 is 15.9 Å². The van der Waals surface area contributed by atoms with Crippen LogP contribution in [0.25, 0.3) is 0 Å². The number of carbonyl (C=O) groups excluding carboxylic acids is 1. The second-order valence-electron chi connectivity index (χ2n) is 8.82. The van der Waals surface area contributed by atoms with E-state index in [1.807, 2.05) is 4.90 Å². The standard InChI is InChI=1S/C26H36FN3O4S/c1-3-4-5-6-26(31)29(21-22-7-9-23(27)10-8-22)18-15-28-16-19-30(20-17-28)35(32,33)25-13-11-24(34-2)12-14-25/h7-14H,3-6,15-21H2,1-2H3. The van der Waals surface area contributed by atoms with Crippen molar-refractivity contribution in [1.29, 1.82) is 0 Å². The molecule has 0 saturated carbocycles. The van der Waals surface area contributed by atoms with Gasteiger partial charge in [0.15, 0.2) is 0 Å². The lowest BCUT2D eigenvalue weighted by Crippen LogP contribution is -2.50. The molecular formula is C26H36FN3O4S. The van der Waals surface area contributed by atoms with E-state index in [9.17, 15) is 17.6 Å². The van der Waals surface area contributed by atoms with Crippen LogP contribution in [-0.4, -0.2) is 74.8 Å². The normalized spacial score (nSPS) is 15.2. The first-order valence-electron chi connectivity index (χ1n) is 12.2. The molecule has 2 aromatic carbocycles. The number of ether oxygens (including phenoxy) is 1. The van der Waals surface area contributed by atoms with Crippen molar-refractivity contribution in [2.45, 2.75) is 44.0 Å². The van der Waals surface area contributed by atoms with Crippen molar-refractivity contribution in [3.8, 4) is 5.75 Å². The third kappa shape index (κ3) is 7.75. The van der Waals surface area contributed by atoms with E-state index in [0.29, 0.717) is 58.0 Å². The molecule has 1 fully saturated rings. The topological polar surface area (TPSA) is 70.2 Å². The molecule has 0 atom stereocenters. The summed E-state index contributed by atoms with van der Waals surface area (Å²) in [6, 6.07) is 12.7. The van der Waals surface area contributed by atoms with Gasteiger partial charge in [-0.05, 0) is 48.4 Å². The molecule has 3 rings (SSSR count). The maximum atomic E-state index is 13.3. The number of benzene rings is 2. The van der Waals surface area contributed by atoms with Crippen molar-refractivity contribution in [3.63, 3.8) is 0 Å². The number of halogens is 1. The number of sulfonamides is 1. The third-order valence-electron chi connectivity index (χ3n) is 6.35. The van der Waals surface area contributed by atoms with Crippen LogP contribution in [0.5, 0.6) is 5.75 Å². The monoisotopic (exact) mass is 505 g/mol. The molecule has 1 aliphatic rings. The van der Waals surface area contributed by atoms with Gasteiger partial charge in [-0.2, -0.15) is 4.31 Å². The Hall–Kier alpha value is -2.49. The van der Waals surface area contributed by atoms with E-state index >= 15 is 0 Å². The zero-order valence-corrected chi connectivity index (χ0v) is 21.5. The smallest absolute Gasteiger partial charge is 0.243 e. The molecule has 0 unspecified atom stereocenters. The molecule has 35 heavy (non-hydrogen) atoms. The molecule has 1 amide bonds. The van der Waals surface area contributed by atoms with Crippen LogP contribution >= 0.6 is 0 Å². The fourth-order valence-electron chi connectivity index (χ4n) is 4.14. The van der Waals surface area contributed by atoms with Gasteiger partial charge in [0, 0.05) is 52.2 Å². The highest BCUT2D eigenvalue weighted by Gasteiger charge is 2.28. The Morgan fingerprint density at radius 2 is 1.66 bits per heavy atom. The summed E-state index contributed by atoms with van der Waals surface area (Å²) >= 11 is 0. The number of methoxy groups -OCH3 is 1. The molecule has 0 aliphatic carbocycles. The second-order valence-corrected chi connectivity index (χ2v) is 10.8. The lowest BCUT2D eigenvalue weighted by Gasteiger charge is -2.35. The van der Waals surface area contributed by atoms with Crippen molar-refractivity contribution in [2.75, 3.05) is 46.4 Å². The molecule has 1 aliphatic heterocycles. The van der Waals surface area contributed by atoms with E-state index < -0.39 is 10.0 Å². The summed E-state index contributed by atoms with van der Waals surface area (Å²) in [6.07, 6.45) is 3.43. The average Bonchev–Trinajstić information content (AvgIpc) is 2.88. The summed E-state index contributed by atoms with van der Waals surface area (Å²) in [5.74, 6) is 0.420. The Kier molecular flexibility index (Phi) is 10.1. The lowest BCUT2D eigenvalue weighted by atomic mass is 10.1. The zero-order chi connectivity index (χ0) is 25.3. The summed E-state index contributed by atoms with van der Waals surface area (Å²) in [6.45, 7) is 5.76. The Bertz CT molecular complexity index is 1040. The first kappa shape index (κ1) is 27.1. The molecule has 7 nitrogen and oxygen atoms in total. The van der Waals surface area contributed by atoms with E-state index in [0.717, 1.165) is 24.8 Å². The van der Waals surface area contributed by atoms with E-state index in [1.165, 1.54) is 16.4 Å². The highest BCUT2D eigenvalue weighted by Crippen LogP contribution is 2.21. The molecule has 0 radical (unpaired) electrons. The molecule has 1 heterocycles. The fourth-order valence-corrected chi connectivity index (χ4v) is 5.56. The molecule has 0 aromatic heterocycles. The molecule has 0 spiro atoms. The number of carbonyl (C=O) groups is 1. The van der Waals surface area contributed by atoms with Gasteiger partial charge in [0.25, 0.3) is 0 Å². The van der Waals surface area contributed by atoms with Crippen LogP contribution < -0.4 is 4.74 Å². The van der Waals surface area contributed by atoms with Gasteiger partial charge in [-0.15, -0.1) is 0 Å². The third-order valence-corrected chi connectivity index (χ3v) is 8.26. The van der Waals surface area contributed by atoms with Crippen LogP contribution in [0, 0.1) is 5.82 Å². The average molecular weight is 506 g/mol. The highest BCUT2D eigenvalue weighted by molar-refractivity contribution is 7.89. The molecule has 0 N–H and O–H groups in total. The van der Waals surface area contributed by atoms with Gasteiger partial charge in [0.1, 0.15) is 11.6 Å². The Morgan fingerprint density at radius 1 is 1.00 bits per heavy atom. The molecule has 0 bridgehead atoms. The van der Waals surface area contributed by atoms with Crippen LogP contribution in [-0.2, 0) is 21.4 Å². The van der Waals surface area contributed by atoms with Gasteiger partial charge in [0.2, 0.25) is 15.9 Å². The second kappa shape index (κ2) is 13.0. The van der Waals surface area contributed by atoms with Gasteiger partial charge < -0.3 is 9.64 Å². The van der Waals surface area contributed by atoms with E-state index in [-0.39, 0.29) is 16.6 Å². The van der Waals surface area contributed by atoms with Crippen molar-refractivity contribution < 1.29 is 22.3 Å². The van der Waals surface area contributed by atoms with Crippen molar-refractivity contribution in [1.82, 2.24) is 14.1 Å². The lowest BCUT2D eigenvalue weighted by molar-refractivity contribution is -0.132. The number of piperazine rings is 1. The van der Waals surface area contributed by atoms with Gasteiger partial charge >= 0.3 is 0 Å². The number of hydrogen-bond acceptors (Lipinski definition) is 5. The van der Waals surface area contributed by atoms with E-state index in [2.05, 4.69) is 11.8 Å². The largest absolute Gasteiger partial charge is 0.497 e. The Balaban J connectivity index is 1.55. The molecule has 192 valence electrons. The molecule has 1 saturated heterocycles. The van der Waals surface area contributed by atoms with Crippen molar-refractivity contribution in [2.24, 2.45) is 0 Å². The molecule has 9 heteroatoms. The van der Waals surface area contributed by atoms with Crippen LogP contribution in [0.4, 0.5) is 4.39 Å². The number of amides is 1. The van der Waals surface area contributed by atoms with Gasteiger partial charge in [-0.25, -0.2) is 12.8 Å². The zero-order valence-electron chi connectivity index (χ0n) is 20.7. The van der Waals surface area contributed by atoms with E-state index in [1.54, 1.807) is 43.5 Å². The first-order valence-corrected chi connectivity index (χ1v) is 13.7. The Labute approximate surface area is 208 Å². The quantitative estimate of drug-likeness (QED) is 0.411. The maximum Gasteiger partial charge on any atom is 0.243 e. The number of unbranched alkanes of at least 4 members (excludes halogenated alkanes) is 2. The number of hydrogen-bond donors (Lipinski definition) is 0. The van der Waals surface area contributed by atoms with Gasteiger partial charge in [-0.3, -0.25) is 9.69 Å². The highest BCUT2D eigenvalue weighted by atomic mass is 32.2. The van der Waals surface area contributed by atoms with Crippen LogP contribution in [0.2, 0.25) is 0 Å². The molecular weight excluding hydrogens is 469 g/mol. The van der Waals surface area contributed by atoms with Gasteiger partial charge in [-0.1, -0.05) is 31.9 Å². The first-order chi connectivity index (χ1) is 16.8. The predicted molar refractivity (Wildman–Crippen MR) is 134 cm³/mol. The number of nitrogens with zero attached hydrogens (tertiary/aromatic N) is 3. The maximum absolute atomic E-state index is 13.3. The summed E-state index contributed by atoms with van der Waals surface area (Å²) in [5.41, 5.74) is 0.894. The summed E-state index contributed by atoms with van der Waals surface area (Å²) in [5, 5.41) is 0. The van der Waals surface area contributed by atoms with Crippen LogP contribution in [0.3, 0.4) is 0 Å². The predicted octanol–water partition coefficient (Wildman–Crippen LogP) is 3.75. The summed E-state index contributed by atoms with van der Waals surface area (Å²) in [4.78, 5) is 17.2. The summed E-state index contributed by atoms with van der Waals surface area (Å²) in [7, 11) is -2.01.